The second kappa shape index (κ2) is 8.16. The van der Waals surface area contributed by atoms with Crippen LogP contribution in [0.15, 0.2) is 97.6 Å². The van der Waals surface area contributed by atoms with Crippen LogP contribution in [0.5, 0.6) is 0 Å². The van der Waals surface area contributed by atoms with Gasteiger partial charge in [-0.2, -0.15) is 0 Å². The van der Waals surface area contributed by atoms with Crippen LogP contribution in [0.2, 0.25) is 0 Å². The molecule has 0 aliphatic carbocycles. The van der Waals surface area contributed by atoms with Crippen LogP contribution in [0.1, 0.15) is 18.4 Å². The fourth-order valence-corrected chi connectivity index (χ4v) is 2.86. The molecule has 3 aromatic rings. The second-order valence-corrected chi connectivity index (χ2v) is 5.85. The van der Waals surface area contributed by atoms with Crippen molar-refractivity contribution in [2.45, 2.75) is 19.3 Å². The van der Waals surface area contributed by atoms with E-state index in [1.54, 1.807) is 0 Å². The molecule has 0 amide bonds. The highest BCUT2D eigenvalue weighted by Gasteiger charge is 2.11. The van der Waals surface area contributed by atoms with E-state index in [-0.39, 0.29) is 0 Å². The highest BCUT2D eigenvalue weighted by atomic mass is 15.1. The fourth-order valence-electron chi connectivity index (χ4n) is 2.86. The fraction of sp³-hybridized carbons (Fsp3) is 0.130. The largest absolute Gasteiger partial charge is 0.311 e. The van der Waals surface area contributed by atoms with Crippen molar-refractivity contribution >= 4 is 17.1 Å². The van der Waals surface area contributed by atoms with E-state index in [1.165, 1.54) is 22.6 Å². The summed E-state index contributed by atoms with van der Waals surface area (Å²) in [6.45, 7) is 3.79. The van der Waals surface area contributed by atoms with Gasteiger partial charge in [0.2, 0.25) is 0 Å². The Morgan fingerprint density at radius 2 is 1.17 bits per heavy atom. The van der Waals surface area contributed by atoms with E-state index >= 15 is 0 Å². The van der Waals surface area contributed by atoms with Crippen molar-refractivity contribution in [2.24, 2.45) is 0 Å². The standard InChI is InChI=1S/C23H23N/c1-2-3-6-11-20-16-18-23(19-17-20)24(21-12-7-4-8-13-21)22-14-9-5-10-15-22/h2,4-5,7-10,12-19H,1,3,6,11H2. The smallest absolute Gasteiger partial charge is 0.0461 e. The first-order chi connectivity index (χ1) is 11.9. The van der Waals surface area contributed by atoms with Crippen LogP contribution in [0.25, 0.3) is 0 Å². The lowest BCUT2D eigenvalue weighted by Crippen LogP contribution is -2.09. The maximum Gasteiger partial charge on any atom is 0.0461 e. The summed E-state index contributed by atoms with van der Waals surface area (Å²) in [5.41, 5.74) is 4.90. The van der Waals surface area contributed by atoms with Crippen molar-refractivity contribution in [3.63, 3.8) is 0 Å². The third-order valence-corrected chi connectivity index (χ3v) is 4.10. The molecule has 0 aliphatic heterocycles. The molecule has 120 valence electrons. The van der Waals surface area contributed by atoms with Gasteiger partial charge in [0.15, 0.2) is 0 Å². The number of anilines is 3. The maximum atomic E-state index is 3.79. The van der Waals surface area contributed by atoms with Gasteiger partial charge in [0, 0.05) is 17.1 Å². The number of hydrogen-bond acceptors (Lipinski definition) is 1. The first-order valence-corrected chi connectivity index (χ1v) is 8.48. The Hall–Kier alpha value is -2.80. The molecule has 24 heavy (non-hydrogen) atoms. The molecule has 0 radical (unpaired) electrons. The zero-order valence-corrected chi connectivity index (χ0v) is 13.9. The number of nitrogens with zero attached hydrogens (tertiary/aromatic N) is 1. The van der Waals surface area contributed by atoms with Crippen molar-refractivity contribution in [2.75, 3.05) is 4.90 Å². The molecule has 1 nitrogen and oxygen atoms in total. The van der Waals surface area contributed by atoms with Gasteiger partial charge in [-0.1, -0.05) is 54.6 Å². The average Bonchev–Trinajstić information content (AvgIpc) is 2.65. The minimum atomic E-state index is 1.07. The summed E-state index contributed by atoms with van der Waals surface area (Å²) in [5.74, 6) is 0. The van der Waals surface area contributed by atoms with E-state index in [0.29, 0.717) is 0 Å². The molecule has 0 aliphatic rings. The normalized spacial score (nSPS) is 10.3. The molecule has 0 N–H and O–H groups in total. The molecule has 0 atom stereocenters. The molecular weight excluding hydrogens is 290 g/mol. The minimum absolute atomic E-state index is 1.07. The van der Waals surface area contributed by atoms with E-state index in [9.17, 15) is 0 Å². The van der Waals surface area contributed by atoms with Gasteiger partial charge in [-0.05, 0) is 61.2 Å². The van der Waals surface area contributed by atoms with Crippen LogP contribution in [-0.4, -0.2) is 0 Å². The molecule has 0 spiro atoms. The number of rotatable bonds is 7. The topological polar surface area (TPSA) is 3.24 Å². The van der Waals surface area contributed by atoms with Crippen LogP contribution >= 0.6 is 0 Å². The zero-order valence-electron chi connectivity index (χ0n) is 13.9. The Morgan fingerprint density at radius 3 is 1.67 bits per heavy atom. The molecule has 1 heteroatoms. The Balaban J connectivity index is 1.90. The molecular formula is C23H23N. The average molecular weight is 313 g/mol. The highest BCUT2D eigenvalue weighted by molar-refractivity contribution is 5.76. The van der Waals surface area contributed by atoms with Crippen molar-refractivity contribution in [3.05, 3.63) is 103 Å². The van der Waals surface area contributed by atoms with Crippen molar-refractivity contribution in [1.29, 1.82) is 0 Å². The molecule has 0 bridgehead atoms. The number of para-hydroxylation sites is 2. The second-order valence-electron chi connectivity index (χ2n) is 5.85. The summed E-state index contributed by atoms with van der Waals surface area (Å²) in [4.78, 5) is 2.29. The summed E-state index contributed by atoms with van der Waals surface area (Å²) in [7, 11) is 0. The van der Waals surface area contributed by atoms with Crippen LogP contribution in [0.3, 0.4) is 0 Å². The summed E-state index contributed by atoms with van der Waals surface area (Å²) in [5, 5.41) is 0. The van der Waals surface area contributed by atoms with Crippen LogP contribution in [-0.2, 0) is 6.42 Å². The van der Waals surface area contributed by atoms with Gasteiger partial charge in [-0.15, -0.1) is 6.58 Å². The molecule has 0 heterocycles. The van der Waals surface area contributed by atoms with Crippen molar-refractivity contribution in [1.82, 2.24) is 0 Å². The lowest BCUT2D eigenvalue weighted by Gasteiger charge is -2.25. The third kappa shape index (κ3) is 3.94. The molecule has 0 unspecified atom stereocenters. The van der Waals surface area contributed by atoms with Gasteiger partial charge in [0.1, 0.15) is 0 Å². The zero-order chi connectivity index (χ0) is 16.6. The lowest BCUT2D eigenvalue weighted by molar-refractivity contribution is 0.844. The summed E-state index contributed by atoms with van der Waals surface area (Å²) in [6.07, 6.45) is 5.32. The minimum Gasteiger partial charge on any atom is -0.311 e. The monoisotopic (exact) mass is 313 g/mol. The first kappa shape index (κ1) is 16.1. The van der Waals surface area contributed by atoms with E-state index in [1.807, 2.05) is 6.08 Å². The summed E-state index contributed by atoms with van der Waals surface area (Å²) in [6, 6.07) is 29.9. The van der Waals surface area contributed by atoms with Crippen LogP contribution in [0.4, 0.5) is 17.1 Å². The Bertz CT molecular complexity index is 706. The predicted molar refractivity (Wildman–Crippen MR) is 104 cm³/mol. The predicted octanol–water partition coefficient (Wildman–Crippen LogP) is 6.67. The van der Waals surface area contributed by atoms with Gasteiger partial charge in [-0.3, -0.25) is 0 Å². The SMILES string of the molecule is C=CCCCc1ccc(N(c2ccccc2)c2ccccc2)cc1. The van der Waals surface area contributed by atoms with E-state index in [2.05, 4.69) is 96.4 Å². The van der Waals surface area contributed by atoms with E-state index in [0.717, 1.165) is 19.3 Å². The highest BCUT2D eigenvalue weighted by Crippen LogP contribution is 2.34. The number of aryl methyl sites for hydroxylation is 1. The molecule has 0 fully saturated rings. The number of unbranched alkanes of at least 4 members (excludes halogenated alkanes) is 1. The maximum absolute atomic E-state index is 3.79. The third-order valence-electron chi connectivity index (χ3n) is 4.10. The molecule has 0 saturated heterocycles. The Kier molecular flexibility index (Phi) is 5.47. The first-order valence-electron chi connectivity index (χ1n) is 8.48. The number of hydrogen-bond donors (Lipinski definition) is 0. The van der Waals surface area contributed by atoms with Gasteiger partial charge in [0.05, 0.1) is 0 Å². The number of allylic oxidation sites excluding steroid dienone is 1. The quantitative estimate of drug-likeness (QED) is 0.348. The molecule has 0 saturated carbocycles. The Labute approximate surface area is 144 Å². The Morgan fingerprint density at radius 1 is 0.667 bits per heavy atom. The molecule has 0 aromatic heterocycles. The van der Waals surface area contributed by atoms with Crippen molar-refractivity contribution in [3.8, 4) is 0 Å². The van der Waals surface area contributed by atoms with Gasteiger partial charge < -0.3 is 4.90 Å². The molecule has 3 rings (SSSR count). The van der Waals surface area contributed by atoms with E-state index < -0.39 is 0 Å². The van der Waals surface area contributed by atoms with Crippen molar-refractivity contribution < 1.29 is 0 Å². The van der Waals surface area contributed by atoms with Gasteiger partial charge >= 0.3 is 0 Å². The van der Waals surface area contributed by atoms with E-state index in [4.69, 9.17) is 0 Å². The van der Waals surface area contributed by atoms with Crippen LogP contribution in [0, 0.1) is 0 Å². The summed E-state index contributed by atoms with van der Waals surface area (Å²) >= 11 is 0. The number of benzene rings is 3. The van der Waals surface area contributed by atoms with Gasteiger partial charge in [-0.25, -0.2) is 0 Å². The lowest BCUT2D eigenvalue weighted by atomic mass is 10.1. The molecule has 3 aromatic carbocycles. The van der Waals surface area contributed by atoms with Crippen LogP contribution < -0.4 is 4.90 Å². The summed E-state index contributed by atoms with van der Waals surface area (Å²) < 4.78 is 0. The van der Waals surface area contributed by atoms with Gasteiger partial charge in [0.25, 0.3) is 0 Å².